The molecule has 0 aliphatic heterocycles. The lowest BCUT2D eigenvalue weighted by Gasteiger charge is -2.25. The number of pyridine rings is 2. The number of hydrogen-bond donors (Lipinski definition) is 0. The summed E-state index contributed by atoms with van der Waals surface area (Å²) in [6, 6.07) is 57.9. The first-order chi connectivity index (χ1) is 26.3. The fourth-order valence-corrected chi connectivity index (χ4v) is 7.49. The van der Waals surface area contributed by atoms with Crippen LogP contribution in [0.15, 0.2) is 203 Å². The summed E-state index contributed by atoms with van der Waals surface area (Å²) in [5.41, 5.74) is 8.20. The van der Waals surface area contributed by atoms with E-state index in [9.17, 15) is 0 Å². The molecule has 5 aromatic heterocycles. The summed E-state index contributed by atoms with van der Waals surface area (Å²) in [6.07, 6.45) is 7.30. The van der Waals surface area contributed by atoms with Crippen LogP contribution in [0.25, 0.3) is 45.3 Å². The predicted octanol–water partition coefficient (Wildman–Crippen LogP) is 13.3. The number of thiophene rings is 1. The first-order valence-corrected chi connectivity index (χ1v) is 18.1. The van der Waals surface area contributed by atoms with E-state index < -0.39 is 0 Å². The summed E-state index contributed by atoms with van der Waals surface area (Å²) >= 11 is 1.71. The number of hydrogen-bond acceptors (Lipinski definition) is 7. The summed E-state index contributed by atoms with van der Waals surface area (Å²) in [5, 5.41) is 2.12. The van der Waals surface area contributed by atoms with E-state index in [-0.39, 0.29) is 0 Å². The van der Waals surface area contributed by atoms with Crippen LogP contribution in [0, 0.1) is 0 Å². The molecule has 7 heteroatoms. The molecule has 4 aromatic carbocycles. The van der Waals surface area contributed by atoms with Crippen LogP contribution < -0.4 is 9.80 Å². The second-order valence-electron chi connectivity index (χ2n) is 12.3. The molecule has 9 aromatic rings. The van der Waals surface area contributed by atoms with E-state index in [0.29, 0.717) is 0 Å². The molecule has 9 rings (SSSR count). The average Bonchev–Trinajstić information content (AvgIpc) is 4.03. The first kappa shape index (κ1) is 32.0. The Hall–Kier alpha value is -6.96. The van der Waals surface area contributed by atoms with Crippen LogP contribution in [0.2, 0.25) is 0 Å². The summed E-state index contributed by atoms with van der Waals surface area (Å²) in [4.78, 5) is 13.1. The second-order valence-corrected chi connectivity index (χ2v) is 13.4. The predicted molar refractivity (Wildman–Crippen MR) is 216 cm³/mol. The lowest BCUT2D eigenvalue weighted by atomic mass is 10.1. The smallest absolute Gasteiger partial charge is 0.134 e. The molecule has 0 amide bonds. The van der Waals surface area contributed by atoms with Crippen LogP contribution in [-0.4, -0.2) is 9.97 Å². The molecular formula is C46H32N4O2S. The van der Waals surface area contributed by atoms with E-state index in [1.165, 1.54) is 0 Å². The number of rotatable bonds is 10. The minimum atomic E-state index is 0.826. The minimum absolute atomic E-state index is 0.826. The monoisotopic (exact) mass is 704 g/mol. The van der Waals surface area contributed by atoms with Crippen molar-refractivity contribution in [2.24, 2.45) is 0 Å². The van der Waals surface area contributed by atoms with Crippen molar-refractivity contribution in [3.8, 4) is 45.3 Å². The fourth-order valence-electron chi connectivity index (χ4n) is 6.40. The maximum atomic E-state index is 6.26. The van der Waals surface area contributed by atoms with Gasteiger partial charge in [-0.25, -0.2) is 0 Å². The number of benzene rings is 4. The van der Waals surface area contributed by atoms with Crippen molar-refractivity contribution >= 4 is 44.1 Å². The number of anilines is 6. The van der Waals surface area contributed by atoms with Crippen LogP contribution in [0.3, 0.4) is 0 Å². The third-order valence-corrected chi connectivity index (χ3v) is 10.1. The van der Waals surface area contributed by atoms with Gasteiger partial charge in [0, 0.05) is 69.8 Å². The Kier molecular flexibility index (Phi) is 8.66. The van der Waals surface area contributed by atoms with Crippen molar-refractivity contribution in [3.05, 3.63) is 195 Å². The van der Waals surface area contributed by atoms with Crippen LogP contribution in [0.1, 0.15) is 0 Å². The van der Waals surface area contributed by atoms with Gasteiger partial charge in [-0.05, 0) is 109 Å². The van der Waals surface area contributed by atoms with Gasteiger partial charge in [0.1, 0.15) is 33.0 Å². The summed E-state index contributed by atoms with van der Waals surface area (Å²) in [7, 11) is 0. The maximum Gasteiger partial charge on any atom is 0.134 e. The molecule has 0 aliphatic carbocycles. The van der Waals surface area contributed by atoms with Crippen molar-refractivity contribution in [3.63, 3.8) is 0 Å². The molecule has 0 radical (unpaired) electrons. The van der Waals surface area contributed by atoms with Crippen molar-refractivity contribution in [1.82, 2.24) is 9.97 Å². The van der Waals surface area contributed by atoms with Crippen molar-refractivity contribution in [2.45, 2.75) is 0 Å². The van der Waals surface area contributed by atoms with Crippen LogP contribution >= 0.6 is 11.3 Å². The molecule has 0 saturated carbocycles. The third kappa shape index (κ3) is 6.65. The van der Waals surface area contributed by atoms with E-state index in [1.807, 2.05) is 110 Å². The molecule has 0 aliphatic rings. The van der Waals surface area contributed by atoms with Gasteiger partial charge in [-0.3, -0.25) is 9.97 Å². The van der Waals surface area contributed by atoms with E-state index in [4.69, 9.17) is 8.83 Å². The van der Waals surface area contributed by atoms with Gasteiger partial charge in [0.2, 0.25) is 0 Å². The fraction of sp³-hybridized carbons (Fsp3) is 0. The molecule has 254 valence electrons. The molecular weight excluding hydrogens is 673 g/mol. The Balaban J connectivity index is 1.03. The van der Waals surface area contributed by atoms with E-state index in [1.54, 1.807) is 11.3 Å². The number of aromatic nitrogens is 2. The highest BCUT2D eigenvalue weighted by molar-refractivity contribution is 7.20. The topological polar surface area (TPSA) is 58.5 Å². The van der Waals surface area contributed by atoms with Crippen molar-refractivity contribution in [1.29, 1.82) is 0 Å². The van der Waals surface area contributed by atoms with Gasteiger partial charge < -0.3 is 18.6 Å². The van der Waals surface area contributed by atoms with E-state index in [2.05, 4.69) is 105 Å². The van der Waals surface area contributed by atoms with Gasteiger partial charge in [-0.15, -0.1) is 0 Å². The zero-order valence-corrected chi connectivity index (χ0v) is 29.3. The van der Waals surface area contributed by atoms with Crippen molar-refractivity contribution < 1.29 is 8.83 Å². The Morgan fingerprint density at radius 3 is 1.00 bits per heavy atom. The number of furan rings is 2. The molecule has 0 bridgehead atoms. The molecule has 0 saturated heterocycles. The Labute approximate surface area is 311 Å². The van der Waals surface area contributed by atoms with Gasteiger partial charge in [0.25, 0.3) is 0 Å². The van der Waals surface area contributed by atoms with E-state index >= 15 is 0 Å². The summed E-state index contributed by atoms with van der Waals surface area (Å²) < 4.78 is 12.5. The second kappa shape index (κ2) is 14.3. The average molecular weight is 705 g/mol. The van der Waals surface area contributed by atoms with Crippen molar-refractivity contribution in [2.75, 3.05) is 9.80 Å². The van der Waals surface area contributed by atoms with Gasteiger partial charge in [-0.1, -0.05) is 72.0 Å². The molecule has 0 N–H and O–H groups in total. The molecule has 0 atom stereocenters. The zero-order valence-electron chi connectivity index (χ0n) is 28.5. The van der Waals surface area contributed by atoms with Gasteiger partial charge >= 0.3 is 0 Å². The molecule has 5 heterocycles. The summed E-state index contributed by atoms with van der Waals surface area (Å²) in [6.45, 7) is 0. The lowest BCUT2D eigenvalue weighted by Crippen LogP contribution is -2.09. The molecule has 53 heavy (non-hydrogen) atoms. The highest BCUT2D eigenvalue weighted by Gasteiger charge is 2.20. The maximum absolute atomic E-state index is 6.26. The molecule has 0 fully saturated rings. The normalized spacial score (nSPS) is 11.0. The lowest BCUT2D eigenvalue weighted by molar-refractivity contribution is 0.597. The SMILES string of the molecule is c1ccc(-c2ccc(-c3ccc(N(c4ccncc4)c4ccc(N(c5ccncc5)c5ccc(-c6ccc(-c7ccccc7)o6)cc5)s4)cc3)o2)cc1. The molecule has 0 spiro atoms. The van der Waals surface area contributed by atoms with Crippen LogP contribution in [-0.2, 0) is 0 Å². The number of nitrogens with zero attached hydrogens (tertiary/aromatic N) is 4. The first-order valence-electron chi connectivity index (χ1n) is 17.3. The summed E-state index contributed by atoms with van der Waals surface area (Å²) in [5.74, 6) is 3.35. The van der Waals surface area contributed by atoms with Gasteiger partial charge in [-0.2, -0.15) is 0 Å². The molecule has 0 unspecified atom stereocenters. The van der Waals surface area contributed by atoms with Crippen LogP contribution in [0.5, 0.6) is 0 Å². The van der Waals surface area contributed by atoms with Gasteiger partial charge in [0.05, 0.1) is 0 Å². The Bertz CT molecular complexity index is 2370. The minimum Gasteiger partial charge on any atom is -0.456 e. The largest absolute Gasteiger partial charge is 0.456 e. The molecule has 6 nitrogen and oxygen atoms in total. The van der Waals surface area contributed by atoms with Crippen LogP contribution in [0.4, 0.5) is 32.8 Å². The van der Waals surface area contributed by atoms with Gasteiger partial charge in [0.15, 0.2) is 0 Å². The quantitative estimate of drug-likeness (QED) is 0.141. The highest BCUT2D eigenvalue weighted by atomic mass is 32.1. The third-order valence-electron chi connectivity index (χ3n) is 9.01. The Morgan fingerprint density at radius 2 is 0.642 bits per heavy atom. The standard InChI is InChI=1S/C46H32N4O2S/c1-3-7-33(8-4-1)41-19-21-43(51-41)35-11-15-37(16-12-35)49(39-25-29-47-30-26-39)45-23-24-46(53-45)50(40-27-31-48-32-28-40)38-17-13-36(14-18-38)44-22-20-42(52-44)34-9-5-2-6-10-34/h1-32H. The zero-order chi connectivity index (χ0) is 35.4. The highest BCUT2D eigenvalue weighted by Crippen LogP contribution is 2.46. The Morgan fingerprint density at radius 1 is 0.321 bits per heavy atom. The van der Waals surface area contributed by atoms with E-state index in [0.717, 1.165) is 78.0 Å².